The fourth-order valence-corrected chi connectivity index (χ4v) is 5.25. The second-order valence-corrected chi connectivity index (χ2v) is 10.7. The molecule has 0 aliphatic carbocycles. The number of phosphoric ester groups is 1. The third-order valence-corrected chi connectivity index (χ3v) is 7.07. The lowest BCUT2D eigenvalue weighted by Gasteiger charge is -2.16. The van der Waals surface area contributed by atoms with Crippen LogP contribution < -0.4 is 10.3 Å². The predicted octanol–water partition coefficient (Wildman–Crippen LogP) is 3.76. The van der Waals surface area contributed by atoms with Crippen LogP contribution in [0.2, 0.25) is 0 Å². The van der Waals surface area contributed by atoms with Crippen LogP contribution in [0, 0.1) is 6.92 Å². The van der Waals surface area contributed by atoms with E-state index in [1.165, 1.54) is 17.1 Å². The average molecular weight is 550 g/mol. The molecular weight excluding hydrogens is 521 g/mol. The molecule has 0 unspecified atom stereocenters. The fourth-order valence-electron chi connectivity index (χ4n) is 4.79. The number of aryl methyl sites for hydroxylation is 2. The minimum Gasteiger partial charge on any atom is -0.404 e. The number of pyridine rings is 1. The number of fused-ring (bicyclic) bond motifs is 3. The van der Waals surface area contributed by atoms with Crippen LogP contribution in [0.25, 0.3) is 21.9 Å². The lowest BCUT2D eigenvalue weighted by atomic mass is 10.1. The molecule has 0 bridgehead atoms. The first-order chi connectivity index (χ1) is 18.5. The number of hydrogen-bond acceptors (Lipinski definition) is 7. The number of nitrogens with zero attached hydrogens (tertiary/aromatic N) is 4. The molecule has 0 atom stereocenters. The molecule has 0 saturated heterocycles. The molecule has 12 heteroatoms. The van der Waals surface area contributed by atoms with Crippen molar-refractivity contribution in [1.82, 2.24) is 19.4 Å². The van der Waals surface area contributed by atoms with Crippen LogP contribution in [0.5, 0.6) is 5.75 Å². The minimum absolute atomic E-state index is 0.109. The van der Waals surface area contributed by atoms with Crippen LogP contribution in [-0.4, -0.2) is 41.0 Å². The summed E-state index contributed by atoms with van der Waals surface area (Å²) in [6, 6.07) is 10.7. The molecule has 2 amide bonds. The van der Waals surface area contributed by atoms with E-state index in [2.05, 4.69) is 16.5 Å². The molecular formula is C27H28N5O6P. The highest BCUT2D eigenvalue weighted by atomic mass is 31.2. The third-order valence-electron chi connectivity index (χ3n) is 6.64. The number of benzene rings is 2. The number of carbonyl (C=O) groups is 2. The molecule has 0 fully saturated rings. The quantitative estimate of drug-likeness (QED) is 0.209. The van der Waals surface area contributed by atoms with Gasteiger partial charge >= 0.3 is 7.82 Å². The second kappa shape index (κ2) is 10.3. The first kappa shape index (κ1) is 26.6. The molecule has 4 aromatic rings. The molecule has 0 spiro atoms. The molecule has 3 heterocycles. The summed E-state index contributed by atoms with van der Waals surface area (Å²) in [6.07, 6.45) is 5.13. The molecule has 2 aromatic carbocycles. The van der Waals surface area contributed by atoms with E-state index < -0.39 is 7.82 Å². The highest BCUT2D eigenvalue weighted by Crippen LogP contribution is 2.39. The normalized spacial score (nSPS) is 13.8. The van der Waals surface area contributed by atoms with Crippen molar-refractivity contribution in [2.75, 3.05) is 5.73 Å². The maximum Gasteiger partial charge on any atom is 0.524 e. The molecule has 202 valence electrons. The maximum atomic E-state index is 12.1. The molecule has 0 radical (unpaired) electrons. The Morgan fingerprint density at radius 2 is 1.69 bits per heavy atom. The van der Waals surface area contributed by atoms with Gasteiger partial charge < -0.3 is 14.8 Å². The van der Waals surface area contributed by atoms with Crippen molar-refractivity contribution in [3.05, 3.63) is 71.1 Å². The van der Waals surface area contributed by atoms with Crippen LogP contribution >= 0.6 is 7.82 Å². The zero-order chi connectivity index (χ0) is 27.9. The molecule has 0 saturated carbocycles. The molecule has 4 N–H and O–H groups in total. The van der Waals surface area contributed by atoms with Gasteiger partial charge in [-0.05, 0) is 48.2 Å². The Morgan fingerprint density at radius 1 is 1.00 bits per heavy atom. The number of nitrogen functional groups attached to an aromatic ring is 1. The monoisotopic (exact) mass is 549 g/mol. The van der Waals surface area contributed by atoms with Crippen LogP contribution in [0.3, 0.4) is 0 Å². The molecule has 11 nitrogen and oxygen atoms in total. The van der Waals surface area contributed by atoms with E-state index in [1.54, 1.807) is 19.1 Å². The highest BCUT2D eigenvalue weighted by Gasteiger charge is 2.24. The minimum atomic E-state index is -4.68. The smallest absolute Gasteiger partial charge is 0.404 e. The summed E-state index contributed by atoms with van der Waals surface area (Å²) in [5.41, 5.74) is 10.6. The fraction of sp³-hybridized carbons (Fsp3) is 0.259. The number of amides is 2. The van der Waals surface area contributed by atoms with Crippen molar-refractivity contribution in [2.45, 2.75) is 46.2 Å². The van der Waals surface area contributed by atoms with Crippen LogP contribution in [0.1, 0.15) is 42.3 Å². The highest BCUT2D eigenvalue weighted by molar-refractivity contribution is 7.46. The molecule has 1 aliphatic rings. The molecule has 5 rings (SSSR count). The van der Waals surface area contributed by atoms with Gasteiger partial charge in [-0.15, -0.1) is 0 Å². The van der Waals surface area contributed by atoms with Crippen molar-refractivity contribution >= 4 is 47.4 Å². The Balaban J connectivity index is 1.62. The summed E-state index contributed by atoms with van der Waals surface area (Å²) < 4.78 is 18.2. The molecule has 39 heavy (non-hydrogen) atoms. The Morgan fingerprint density at radius 3 is 2.36 bits per heavy atom. The summed E-state index contributed by atoms with van der Waals surface area (Å²) in [7, 11) is -4.68. The summed E-state index contributed by atoms with van der Waals surface area (Å²) in [5, 5.41) is 0.789. The zero-order valence-electron chi connectivity index (χ0n) is 21.5. The van der Waals surface area contributed by atoms with Gasteiger partial charge in [-0.25, -0.2) is 14.5 Å². The zero-order valence-corrected chi connectivity index (χ0v) is 22.4. The Labute approximate surface area is 224 Å². The topological polar surface area (TPSA) is 161 Å². The molecule has 2 aromatic heterocycles. The summed E-state index contributed by atoms with van der Waals surface area (Å²) in [4.78, 5) is 53.2. The lowest BCUT2D eigenvalue weighted by molar-refractivity contribution is -0.137. The van der Waals surface area contributed by atoms with Gasteiger partial charge in [-0.3, -0.25) is 24.3 Å². The Kier molecular flexibility index (Phi) is 6.98. The van der Waals surface area contributed by atoms with E-state index in [1.807, 2.05) is 24.3 Å². The van der Waals surface area contributed by atoms with Crippen molar-refractivity contribution < 1.29 is 28.5 Å². The van der Waals surface area contributed by atoms with E-state index in [4.69, 9.17) is 15.2 Å². The van der Waals surface area contributed by atoms with Gasteiger partial charge in [0.05, 0.1) is 17.6 Å². The number of phosphoric acid groups is 1. The second-order valence-electron chi connectivity index (χ2n) is 9.54. The van der Waals surface area contributed by atoms with Crippen LogP contribution in [0.15, 0.2) is 48.6 Å². The largest absolute Gasteiger partial charge is 0.524 e. The van der Waals surface area contributed by atoms with Gasteiger partial charge in [-0.2, -0.15) is 0 Å². The lowest BCUT2D eigenvalue weighted by Crippen LogP contribution is -2.29. The number of carbonyl (C=O) groups excluding carboxylic acids is 2. The van der Waals surface area contributed by atoms with Crippen molar-refractivity contribution in [3.63, 3.8) is 0 Å². The van der Waals surface area contributed by atoms with Gasteiger partial charge in [0, 0.05) is 30.5 Å². The predicted molar refractivity (Wildman–Crippen MR) is 146 cm³/mol. The number of rotatable bonds is 9. The standard InChI is InChI=1S/C27H28N5O6P/c1-3-4-5-22-30-25-26(31(22)14-17-7-9-21(16(2)12-17)38-39(35,36)37)19-13-18(6-8-20(19)29-27(25)28)15-32-23(33)10-11-24(32)34/h6-13H,3-5,14-15H2,1-2H3,(H2,28,29)(H2,35,36,37). The number of aromatic nitrogens is 3. The van der Waals surface area contributed by atoms with Gasteiger partial charge in [0.25, 0.3) is 11.8 Å². The maximum absolute atomic E-state index is 12.1. The first-order valence-electron chi connectivity index (χ1n) is 12.5. The number of anilines is 1. The van der Waals surface area contributed by atoms with Crippen molar-refractivity contribution in [1.29, 1.82) is 0 Å². The van der Waals surface area contributed by atoms with Gasteiger partial charge in [0.2, 0.25) is 0 Å². The van der Waals surface area contributed by atoms with Gasteiger partial charge in [-0.1, -0.05) is 31.5 Å². The summed E-state index contributed by atoms with van der Waals surface area (Å²) in [5.74, 6) is 0.541. The average Bonchev–Trinajstić information content (AvgIpc) is 3.39. The number of imidazole rings is 1. The van der Waals surface area contributed by atoms with Gasteiger partial charge in [0.15, 0.2) is 5.82 Å². The van der Waals surface area contributed by atoms with Crippen molar-refractivity contribution in [2.24, 2.45) is 0 Å². The third kappa shape index (κ3) is 5.42. The van der Waals surface area contributed by atoms with Gasteiger partial charge in [0.1, 0.15) is 17.1 Å². The SMILES string of the molecule is CCCCc1nc2c(N)nc3ccc(CN4C(=O)C=CC4=O)cc3c2n1Cc1ccc(OP(=O)(O)O)c(C)c1. The first-order valence-corrected chi connectivity index (χ1v) is 14.0. The number of nitrogens with two attached hydrogens (primary N) is 1. The van der Waals surface area contributed by atoms with Crippen LogP contribution in [0.4, 0.5) is 5.82 Å². The van der Waals surface area contributed by atoms with E-state index >= 15 is 0 Å². The Bertz CT molecular complexity index is 1690. The Hall–Kier alpha value is -4.05. The van der Waals surface area contributed by atoms with E-state index in [9.17, 15) is 23.9 Å². The summed E-state index contributed by atoms with van der Waals surface area (Å²) >= 11 is 0. The van der Waals surface area contributed by atoms with Crippen LogP contribution in [-0.2, 0) is 33.7 Å². The number of unbranched alkanes of at least 4 members (excludes halogenated alkanes) is 1. The van der Waals surface area contributed by atoms with E-state index in [0.29, 0.717) is 35.4 Å². The molecule has 1 aliphatic heterocycles. The van der Waals surface area contributed by atoms with E-state index in [-0.39, 0.29) is 24.1 Å². The number of hydrogen-bond donors (Lipinski definition) is 3. The number of imide groups is 1. The summed E-state index contributed by atoms with van der Waals surface area (Å²) in [6.45, 7) is 4.37. The van der Waals surface area contributed by atoms with E-state index in [0.717, 1.165) is 40.7 Å². The van der Waals surface area contributed by atoms with Crippen molar-refractivity contribution in [3.8, 4) is 5.75 Å².